The van der Waals surface area contributed by atoms with E-state index < -0.39 is 0 Å². The molecule has 0 bridgehead atoms. The van der Waals surface area contributed by atoms with Crippen molar-refractivity contribution in [3.05, 3.63) is 314 Å². The van der Waals surface area contributed by atoms with Gasteiger partial charge in [-0.15, -0.1) is 0 Å². The molecule has 0 saturated carbocycles. The maximum absolute atomic E-state index is 6.77. The number of rotatable bonds is 7. The fraction of sp³-hybridized carbons (Fsp3) is 0.0345. The summed E-state index contributed by atoms with van der Waals surface area (Å²) in [5.74, 6) is 0. The molecular formula is C87H56N4O. The Kier molecular flexibility index (Phi) is 10.6. The Balaban J connectivity index is 0.679. The number of hydrogen-bond acceptors (Lipinski definition) is 1. The Hall–Kier alpha value is -11.9. The van der Waals surface area contributed by atoms with Gasteiger partial charge < -0.3 is 22.7 Å². The summed E-state index contributed by atoms with van der Waals surface area (Å²) in [7, 11) is 0. The van der Waals surface area contributed by atoms with E-state index in [-0.39, 0.29) is 5.41 Å². The second-order valence-corrected chi connectivity index (χ2v) is 25.6. The molecule has 5 aromatic heterocycles. The molecular weight excluding hydrogens is 1120 g/mol. The van der Waals surface area contributed by atoms with Gasteiger partial charge in [-0.25, -0.2) is 0 Å². The van der Waals surface area contributed by atoms with Crippen LogP contribution < -0.4 is 0 Å². The van der Waals surface area contributed by atoms with E-state index in [1.807, 2.05) is 0 Å². The first-order chi connectivity index (χ1) is 45.4. The second kappa shape index (κ2) is 19.1. The molecule has 0 N–H and O–H groups in total. The van der Waals surface area contributed by atoms with Gasteiger partial charge in [0.25, 0.3) is 0 Å². The van der Waals surface area contributed by atoms with Crippen LogP contribution in [0.15, 0.2) is 308 Å². The summed E-state index contributed by atoms with van der Waals surface area (Å²) in [6.45, 7) is 4.69. The molecule has 1 aliphatic carbocycles. The number of para-hydroxylation sites is 5. The van der Waals surface area contributed by atoms with Gasteiger partial charge in [-0.3, -0.25) is 0 Å². The summed E-state index contributed by atoms with van der Waals surface area (Å²) in [6, 6.07) is 112. The van der Waals surface area contributed by atoms with Crippen molar-refractivity contribution in [3.63, 3.8) is 0 Å². The molecule has 1 aliphatic rings. The van der Waals surface area contributed by atoms with E-state index in [0.29, 0.717) is 0 Å². The van der Waals surface area contributed by atoms with Gasteiger partial charge in [0.15, 0.2) is 0 Å². The van der Waals surface area contributed by atoms with Crippen LogP contribution in [0.1, 0.15) is 25.0 Å². The molecule has 19 aromatic rings. The lowest BCUT2D eigenvalue weighted by molar-refractivity contribution is 0.660. The van der Waals surface area contributed by atoms with Crippen molar-refractivity contribution < 1.29 is 4.42 Å². The lowest BCUT2D eigenvalue weighted by atomic mass is 9.82. The third-order valence-corrected chi connectivity index (χ3v) is 20.4. The van der Waals surface area contributed by atoms with Crippen LogP contribution in [0.2, 0.25) is 0 Å². The maximum atomic E-state index is 6.77. The molecule has 14 aromatic carbocycles. The van der Waals surface area contributed by atoms with Crippen molar-refractivity contribution in [3.8, 4) is 67.3 Å². The summed E-state index contributed by atoms with van der Waals surface area (Å²) in [5, 5.41) is 12.0. The molecule has 0 spiro atoms. The normalized spacial score (nSPS) is 13.0. The van der Waals surface area contributed by atoms with Gasteiger partial charge in [0.2, 0.25) is 0 Å². The van der Waals surface area contributed by atoms with Gasteiger partial charge in [0.05, 0.1) is 44.1 Å². The smallest absolute Gasteiger partial charge is 0.136 e. The number of furan rings is 1. The zero-order valence-corrected chi connectivity index (χ0v) is 50.6. The van der Waals surface area contributed by atoms with Crippen molar-refractivity contribution >= 4 is 109 Å². The van der Waals surface area contributed by atoms with E-state index in [9.17, 15) is 0 Å². The molecule has 5 heterocycles. The Labute approximate surface area is 529 Å². The standard InChI is InChI=1S/C87H56N4O/c1-87(2)75-25-13-9-21-63(75)68-45-55(34-42-76(68)87)53-29-39-62(40-30-53)91-80-43-35-57(46-69(80)73-50-72-66-24-11-15-27-78(66)89(82(72)52-84(73)91)60-19-7-4-8-20-60)58-33-41-67-74-47-56(36-44-85(74)92-86(67)48-58)54-31-37-61(38-32-54)90-79-28-16-12-23-65(79)71-49-70-64-22-10-14-26-77(64)88(81(70)51-83(71)90)59-17-5-3-6-18-59/h3-52H,1-2H3. The molecule has 0 saturated heterocycles. The Morgan fingerprint density at radius 1 is 0.217 bits per heavy atom. The number of hydrogen-bond donors (Lipinski definition) is 0. The highest BCUT2D eigenvalue weighted by Crippen LogP contribution is 2.50. The van der Waals surface area contributed by atoms with Gasteiger partial charge in [-0.05, 0) is 189 Å². The average molecular weight is 1170 g/mol. The predicted octanol–water partition coefficient (Wildman–Crippen LogP) is 23.3. The van der Waals surface area contributed by atoms with Crippen LogP contribution in [0, 0.1) is 0 Å². The quantitative estimate of drug-likeness (QED) is 0.157. The summed E-state index contributed by atoms with van der Waals surface area (Å²) < 4.78 is 16.5. The monoisotopic (exact) mass is 1170 g/mol. The molecule has 0 atom stereocenters. The molecule has 20 rings (SSSR count). The van der Waals surface area contributed by atoms with Crippen molar-refractivity contribution in [2.75, 3.05) is 0 Å². The molecule has 5 nitrogen and oxygen atoms in total. The van der Waals surface area contributed by atoms with Gasteiger partial charge in [0, 0.05) is 82.0 Å². The summed E-state index contributed by atoms with van der Waals surface area (Å²) in [5.41, 5.74) is 28.0. The van der Waals surface area contributed by atoms with Crippen molar-refractivity contribution in [2.45, 2.75) is 19.3 Å². The van der Waals surface area contributed by atoms with Gasteiger partial charge >= 0.3 is 0 Å². The van der Waals surface area contributed by atoms with Gasteiger partial charge in [-0.2, -0.15) is 0 Å². The SMILES string of the molecule is CC1(C)c2ccccc2-c2cc(-c3ccc(-n4c5ccc(-c6ccc7c(c6)oc6ccc(-c8ccc(-n9c%10ccccc%10c%10cc%11c%12ccccc%12n(-c%12ccccc%12)c%11cc%109)cc8)cc67)cc5c5cc6c7ccccc7n(-c7ccccc7)c6cc54)cc3)ccc21. The molecule has 0 radical (unpaired) electrons. The fourth-order valence-corrected chi connectivity index (χ4v) is 16.0. The van der Waals surface area contributed by atoms with Crippen LogP contribution in [0.3, 0.4) is 0 Å². The molecule has 0 amide bonds. The third-order valence-electron chi connectivity index (χ3n) is 20.4. The van der Waals surface area contributed by atoms with Crippen molar-refractivity contribution in [1.29, 1.82) is 0 Å². The zero-order chi connectivity index (χ0) is 60.5. The summed E-state index contributed by atoms with van der Waals surface area (Å²) in [6.07, 6.45) is 0. The minimum Gasteiger partial charge on any atom is -0.456 e. The predicted molar refractivity (Wildman–Crippen MR) is 385 cm³/mol. The van der Waals surface area contributed by atoms with Crippen LogP contribution in [0.25, 0.3) is 176 Å². The van der Waals surface area contributed by atoms with Crippen LogP contribution >= 0.6 is 0 Å². The molecule has 5 heteroatoms. The molecule has 0 aliphatic heterocycles. The van der Waals surface area contributed by atoms with Crippen LogP contribution in [0.5, 0.6) is 0 Å². The molecule has 0 unspecified atom stereocenters. The van der Waals surface area contributed by atoms with E-state index in [4.69, 9.17) is 4.42 Å². The zero-order valence-electron chi connectivity index (χ0n) is 50.6. The third kappa shape index (κ3) is 7.30. The number of nitrogens with zero attached hydrogens (tertiary/aromatic N) is 4. The van der Waals surface area contributed by atoms with Crippen molar-refractivity contribution in [1.82, 2.24) is 18.3 Å². The van der Waals surface area contributed by atoms with Gasteiger partial charge in [0.1, 0.15) is 11.2 Å². The lowest BCUT2D eigenvalue weighted by Crippen LogP contribution is -2.14. The molecule has 92 heavy (non-hydrogen) atoms. The van der Waals surface area contributed by atoms with E-state index in [1.165, 1.54) is 110 Å². The highest BCUT2D eigenvalue weighted by Gasteiger charge is 2.35. The minimum atomic E-state index is -0.0358. The van der Waals surface area contributed by atoms with Gasteiger partial charge in [-0.1, -0.05) is 184 Å². The first-order valence-corrected chi connectivity index (χ1v) is 31.9. The first kappa shape index (κ1) is 51.0. The van der Waals surface area contributed by atoms with E-state index in [1.54, 1.807) is 0 Å². The number of benzene rings is 14. The molecule has 0 fully saturated rings. The maximum Gasteiger partial charge on any atom is 0.136 e. The van der Waals surface area contributed by atoms with Crippen LogP contribution in [-0.4, -0.2) is 18.3 Å². The average Bonchev–Trinajstić information content (AvgIpc) is 1.58. The van der Waals surface area contributed by atoms with E-state index in [2.05, 4.69) is 335 Å². The van der Waals surface area contributed by atoms with E-state index >= 15 is 0 Å². The van der Waals surface area contributed by atoms with E-state index in [0.717, 1.165) is 78.0 Å². The highest BCUT2D eigenvalue weighted by atomic mass is 16.3. The summed E-state index contributed by atoms with van der Waals surface area (Å²) in [4.78, 5) is 0. The fourth-order valence-electron chi connectivity index (χ4n) is 16.0. The molecule has 430 valence electrons. The Bertz CT molecular complexity index is 6310. The lowest BCUT2D eigenvalue weighted by Gasteiger charge is -2.21. The number of fused-ring (bicyclic) bond motifs is 18. The summed E-state index contributed by atoms with van der Waals surface area (Å²) >= 11 is 0. The Morgan fingerprint density at radius 3 is 1.16 bits per heavy atom. The van der Waals surface area contributed by atoms with Crippen LogP contribution in [-0.2, 0) is 5.41 Å². The second-order valence-electron chi connectivity index (χ2n) is 25.6. The minimum absolute atomic E-state index is 0.0358. The topological polar surface area (TPSA) is 32.9 Å². The van der Waals surface area contributed by atoms with Crippen molar-refractivity contribution in [2.24, 2.45) is 0 Å². The largest absolute Gasteiger partial charge is 0.456 e. The first-order valence-electron chi connectivity index (χ1n) is 31.9. The number of aromatic nitrogens is 4. The van der Waals surface area contributed by atoms with Crippen LogP contribution in [0.4, 0.5) is 0 Å². The highest BCUT2D eigenvalue weighted by molar-refractivity contribution is 6.21. The Morgan fingerprint density at radius 2 is 0.598 bits per heavy atom.